The zero-order valence-corrected chi connectivity index (χ0v) is 31.5. The summed E-state index contributed by atoms with van der Waals surface area (Å²) in [4.78, 5) is 67.9. The number of nitrogens with one attached hydrogen (secondary N) is 4. The van der Waals surface area contributed by atoms with Crippen molar-refractivity contribution in [1.82, 2.24) is 26.2 Å². The number of carbonyl (C=O) groups excluding carboxylic acids is 4. The van der Waals surface area contributed by atoms with E-state index in [9.17, 15) is 24.0 Å². The maximum Gasteiger partial charge on any atom is 0.408 e. The van der Waals surface area contributed by atoms with Gasteiger partial charge in [0.1, 0.15) is 42.9 Å². The van der Waals surface area contributed by atoms with Gasteiger partial charge in [0, 0.05) is 39.5 Å². The first-order chi connectivity index (χ1) is 27.5. The molecule has 300 valence electrons. The number of halogens is 1. The molecule has 7 N–H and O–H groups in total. The fourth-order valence-electron chi connectivity index (χ4n) is 6.40. The van der Waals surface area contributed by atoms with Crippen molar-refractivity contribution in [2.75, 3.05) is 26.7 Å². The minimum absolute atomic E-state index is 0.0422. The van der Waals surface area contributed by atoms with Crippen LogP contribution in [-0.4, -0.2) is 84.7 Å². The molecule has 1 aliphatic heterocycles. The van der Waals surface area contributed by atoms with E-state index in [0.717, 1.165) is 16.0 Å². The van der Waals surface area contributed by atoms with Gasteiger partial charge in [0.2, 0.25) is 17.7 Å². The lowest BCUT2D eigenvalue weighted by atomic mass is 9.95. The van der Waals surface area contributed by atoms with Crippen molar-refractivity contribution in [1.29, 1.82) is 0 Å². The summed E-state index contributed by atoms with van der Waals surface area (Å²) >= 11 is 0. The van der Waals surface area contributed by atoms with Crippen molar-refractivity contribution in [2.24, 2.45) is 5.73 Å². The zero-order valence-electron chi connectivity index (χ0n) is 31.5. The van der Waals surface area contributed by atoms with E-state index in [-0.39, 0.29) is 64.1 Å². The van der Waals surface area contributed by atoms with E-state index >= 15 is 4.39 Å². The molecule has 5 amide bonds. The summed E-state index contributed by atoms with van der Waals surface area (Å²) in [5, 5.41) is 19.5. The molecule has 0 aliphatic carbocycles. The summed E-state index contributed by atoms with van der Waals surface area (Å²) in [6.45, 7) is 0.281. The highest BCUT2D eigenvalue weighted by atomic mass is 19.1. The van der Waals surface area contributed by atoms with Crippen LogP contribution in [0, 0.1) is 5.82 Å². The molecular formula is C42H47FN6O8. The highest BCUT2D eigenvalue weighted by Gasteiger charge is 2.35. The number of carboxylic acid groups (broad SMARTS) is 1. The van der Waals surface area contributed by atoms with E-state index < -0.39 is 53.9 Å². The molecule has 15 heteroatoms. The maximum absolute atomic E-state index is 15.6. The molecule has 0 fully saturated rings. The van der Waals surface area contributed by atoms with E-state index in [1.54, 1.807) is 54.6 Å². The second-order valence-corrected chi connectivity index (χ2v) is 13.5. The molecule has 1 heterocycles. The van der Waals surface area contributed by atoms with Gasteiger partial charge < -0.3 is 46.5 Å². The number of likely N-dealkylation sites (N-methyl/N-ethyl adjacent to an activating group) is 1. The van der Waals surface area contributed by atoms with Gasteiger partial charge in [-0.25, -0.2) is 14.0 Å². The number of nitrogens with two attached hydrogens (primary N) is 1. The Balaban J connectivity index is 1.58. The summed E-state index contributed by atoms with van der Waals surface area (Å²) < 4.78 is 27.3. The van der Waals surface area contributed by atoms with Gasteiger partial charge >= 0.3 is 12.2 Å². The van der Waals surface area contributed by atoms with Crippen LogP contribution in [0.25, 0.3) is 11.1 Å². The first-order valence-electron chi connectivity index (χ1n) is 18.6. The Bertz CT molecular complexity index is 2020. The number of carbonyl (C=O) groups is 5. The lowest BCUT2D eigenvalue weighted by Gasteiger charge is -2.32. The Morgan fingerprint density at radius 1 is 0.860 bits per heavy atom. The van der Waals surface area contributed by atoms with Crippen LogP contribution in [0.15, 0.2) is 97.1 Å². The molecule has 0 aromatic heterocycles. The van der Waals surface area contributed by atoms with Gasteiger partial charge in [0.15, 0.2) is 0 Å². The van der Waals surface area contributed by atoms with Gasteiger partial charge in [-0.05, 0) is 70.5 Å². The van der Waals surface area contributed by atoms with Gasteiger partial charge in [0.05, 0.1) is 0 Å². The average molecular weight is 783 g/mol. The zero-order chi connectivity index (χ0) is 40.7. The predicted octanol–water partition coefficient (Wildman–Crippen LogP) is 3.90. The molecule has 57 heavy (non-hydrogen) atoms. The van der Waals surface area contributed by atoms with Crippen LogP contribution in [0.4, 0.5) is 14.0 Å². The smallest absolute Gasteiger partial charge is 0.408 e. The van der Waals surface area contributed by atoms with Crippen molar-refractivity contribution in [3.63, 3.8) is 0 Å². The molecule has 1 aliphatic rings. The average Bonchev–Trinajstić information content (AvgIpc) is 3.21. The second kappa shape index (κ2) is 20.4. The predicted molar refractivity (Wildman–Crippen MR) is 209 cm³/mol. The monoisotopic (exact) mass is 782 g/mol. The highest BCUT2D eigenvalue weighted by Crippen LogP contribution is 2.31. The van der Waals surface area contributed by atoms with Gasteiger partial charge in [-0.1, -0.05) is 72.8 Å². The Hall–Kier alpha value is -6.48. The van der Waals surface area contributed by atoms with Crippen molar-refractivity contribution in [3.8, 4) is 16.9 Å². The number of fused-ring (bicyclic) bond motifs is 5. The molecule has 0 unspecified atom stereocenters. The van der Waals surface area contributed by atoms with E-state index in [2.05, 4.69) is 21.3 Å². The summed E-state index contributed by atoms with van der Waals surface area (Å²) in [6.07, 6.45) is -2.44. The van der Waals surface area contributed by atoms with Crippen LogP contribution >= 0.6 is 0 Å². The summed E-state index contributed by atoms with van der Waals surface area (Å²) in [5.41, 5.74) is 9.15. The molecule has 0 spiro atoms. The van der Waals surface area contributed by atoms with Crippen molar-refractivity contribution in [2.45, 2.75) is 57.0 Å². The number of benzene rings is 4. The summed E-state index contributed by atoms with van der Waals surface area (Å²) in [5.74, 6) is -2.22. The third kappa shape index (κ3) is 12.0. The number of nitrogens with zero attached hydrogens (tertiary/aromatic N) is 1. The Labute approximate surface area is 329 Å². The molecule has 0 saturated carbocycles. The largest absolute Gasteiger partial charge is 0.489 e. The van der Waals surface area contributed by atoms with Crippen molar-refractivity contribution < 1.29 is 42.9 Å². The lowest BCUT2D eigenvalue weighted by molar-refractivity contribution is -0.142. The SMILES string of the molecule is CN1C(=O)[C@H](CCCNC(=O)O)NC(=O)[C@@H](NC(=O)OCc2ccccc2)Cc2cc(ccc2OCc2ccccc2)-c2ccc(F)c(c2)C[C@H]1C(=O)NCCN. The van der Waals surface area contributed by atoms with E-state index in [4.69, 9.17) is 20.3 Å². The van der Waals surface area contributed by atoms with Crippen LogP contribution in [-0.2, 0) is 45.2 Å². The Morgan fingerprint density at radius 3 is 2.18 bits per heavy atom. The van der Waals surface area contributed by atoms with Gasteiger partial charge in [-0.15, -0.1) is 0 Å². The number of amides is 5. The van der Waals surface area contributed by atoms with Crippen LogP contribution in [0.3, 0.4) is 0 Å². The first kappa shape index (κ1) is 41.7. The molecule has 4 aromatic rings. The first-order valence-corrected chi connectivity index (χ1v) is 18.6. The number of ether oxygens (including phenoxy) is 2. The van der Waals surface area contributed by atoms with Crippen LogP contribution < -0.4 is 31.7 Å². The molecule has 14 nitrogen and oxygen atoms in total. The van der Waals surface area contributed by atoms with E-state index in [1.165, 1.54) is 13.1 Å². The van der Waals surface area contributed by atoms with E-state index in [1.807, 2.05) is 36.4 Å². The molecule has 0 radical (unpaired) electrons. The van der Waals surface area contributed by atoms with Crippen LogP contribution in [0.2, 0.25) is 0 Å². The van der Waals surface area contributed by atoms with E-state index in [0.29, 0.717) is 22.4 Å². The number of rotatable bonds is 13. The Morgan fingerprint density at radius 2 is 1.51 bits per heavy atom. The maximum atomic E-state index is 15.6. The number of alkyl carbamates (subject to hydrolysis) is 1. The number of hydrogen-bond donors (Lipinski definition) is 6. The van der Waals surface area contributed by atoms with Crippen LogP contribution in [0.1, 0.15) is 35.1 Å². The molecule has 0 saturated heterocycles. The standard InChI is InChI=1S/C42H47FN6O8/c1-49-36(39(51)45-20-18-44)24-31-21-29(14-16-33(31)43)30-15-17-37(56-25-27-9-4-2-5-10-27)32(22-30)23-35(48-42(55)57-26-28-11-6-3-7-12-28)38(50)47-34(40(49)52)13-8-19-46-41(53)54/h2-7,9-12,14-17,21-22,34-36,46H,8,13,18-20,23-26,44H2,1H3,(H,45,51)(H,47,50)(H,48,55)(H,53,54)/t34-,35-,36-/m0/s1. The Kier molecular flexibility index (Phi) is 14.9. The molecule has 5 rings (SSSR count). The quantitative estimate of drug-likeness (QED) is 0.109. The molecule has 4 bridgehead atoms. The highest BCUT2D eigenvalue weighted by molar-refractivity contribution is 5.94. The minimum Gasteiger partial charge on any atom is -0.489 e. The van der Waals surface area contributed by atoms with Crippen LogP contribution in [0.5, 0.6) is 5.75 Å². The fraction of sp³-hybridized carbons (Fsp3) is 0.310. The minimum atomic E-state index is -1.32. The third-order valence-electron chi connectivity index (χ3n) is 9.46. The number of hydrogen-bond acceptors (Lipinski definition) is 8. The normalized spacial score (nSPS) is 17.0. The summed E-state index contributed by atoms with van der Waals surface area (Å²) in [7, 11) is 1.37. The lowest BCUT2D eigenvalue weighted by Crippen LogP contribution is -2.58. The second-order valence-electron chi connectivity index (χ2n) is 13.5. The fourth-order valence-corrected chi connectivity index (χ4v) is 6.40. The van der Waals surface area contributed by atoms with Crippen molar-refractivity contribution in [3.05, 3.63) is 125 Å². The van der Waals surface area contributed by atoms with Gasteiger partial charge in [-0.3, -0.25) is 14.4 Å². The van der Waals surface area contributed by atoms with Crippen molar-refractivity contribution >= 4 is 29.9 Å². The third-order valence-corrected chi connectivity index (χ3v) is 9.46. The summed E-state index contributed by atoms with van der Waals surface area (Å²) in [6, 6.07) is 24.4. The van der Waals surface area contributed by atoms with Gasteiger partial charge in [0.25, 0.3) is 0 Å². The molecule has 4 aromatic carbocycles. The van der Waals surface area contributed by atoms with Gasteiger partial charge in [-0.2, -0.15) is 0 Å². The topological polar surface area (TPSA) is 201 Å². The molecule has 3 atom stereocenters. The molecular weight excluding hydrogens is 735 g/mol.